The fourth-order valence-corrected chi connectivity index (χ4v) is 2.08. The number of rotatable bonds is 3. The average molecular weight is 265 g/mol. The van der Waals surface area contributed by atoms with Crippen molar-refractivity contribution < 1.29 is 14.6 Å². The quantitative estimate of drug-likeness (QED) is 0.913. The third kappa shape index (κ3) is 4.91. The first kappa shape index (κ1) is 15.5. The van der Waals surface area contributed by atoms with Crippen LogP contribution < -0.4 is 4.74 Å². The molecule has 0 unspecified atom stereocenters. The molecule has 0 aromatic heterocycles. The van der Waals surface area contributed by atoms with Gasteiger partial charge < -0.3 is 14.7 Å². The van der Waals surface area contributed by atoms with Gasteiger partial charge in [0.05, 0.1) is 7.11 Å². The van der Waals surface area contributed by atoms with Gasteiger partial charge in [0.25, 0.3) is 0 Å². The standard InChI is InChI=1S/C8H8O3.C7H15N/c1-11-7-5-3-2-4-6(7)8(9)10;1-7(2)8-5-3-4-6-8/h2-5H,1H3,(H,9,10);7H,3-6H2,1-2H3. The highest BCUT2D eigenvalue weighted by Crippen LogP contribution is 2.16. The Morgan fingerprint density at radius 2 is 1.84 bits per heavy atom. The van der Waals surface area contributed by atoms with Gasteiger partial charge >= 0.3 is 5.97 Å². The zero-order chi connectivity index (χ0) is 14.3. The topological polar surface area (TPSA) is 49.8 Å². The van der Waals surface area contributed by atoms with Gasteiger partial charge in [0.15, 0.2) is 0 Å². The molecule has 106 valence electrons. The number of hydrogen-bond acceptors (Lipinski definition) is 3. The molecule has 0 aliphatic carbocycles. The molecule has 1 aliphatic heterocycles. The molecule has 0 atom stereocenters. The number of para-hydroxylation sites is 1. The summed E-state index contributed by atoms with van der Waals surface area (Å²) in [6.07, 6.45) is 2.83. The van der Waals surface area contributed by atoms with E-state index in [2.05, 4.69) is 18.7 Å². The second-order valence-corrected chi connectivity index (χ2v) is 4.84. The van der Waals surface area contributed by atoms with E-state index in [0.29, 0.717) is 5.75 Å². The van der Waals surface area contributed by atoms with Crippen LogP contribution >= 0.6 is 0 Å². The third-order valence-electron chi connectivity index (χ3n) is 3.21. The molecule has 0 saturated carbocycles. The van der Waals surface area contributed by atoms with Crippen molar-refractivity contribution in [2.75, 3.05) is 20.2 Å². The summed E-state index contributed by atoms with van der Waals surface area (Å²) in [5, 5.41) is 8.62. The van der Waals surface area contributed by atoms with Crippen LogP contribution in [0.25, 0.3) is 0 Å². The minimum absolute atomic E-state index is 0.190. The maximum atomic E-state index is 10.5. The first-order valence-corrected chi connectivity index (χ1v) is 6.66. The first-order valence-electron chi connectivity index (χ1n) is 6.66. The molecule has 1 heterocycles. The van der Waals surface area contributed by atoms with Crippen LogP contribution in [0.3, 0.4) is 0 Å². The molecule has 1 aliphatic rings. The van der Waals surface area contributed by atoms with Crippen molar-refractivity contribution in [2.24, 2.45) is 0 Å². The summed E-state index contributed by atoms with van der Waals surface area (Å²) in [5.74, 6) is -0.581. The molecule has 0 spiro atoms. The van der Waals surface area contributed by atoms with Crippen molar-refractivity contribution in [3.8, 4) is 5.75 Å². The van der Waals surface area contributed by atoms with E-state index in [4.69, 9.17) is 9.84 Å². The zero-order valence-corrected chi connectivity index (χ0v) is 11.9. The van der Waals surface area contributed by atoms with Crippen molar-refractivity contribution in [3.05, 3.63) is 29.8 Å². The van der Waals surface area contributed by atoms with E-state index in [-0.39, 0.29) is 5.56 Å². The van der Waals surface area contributed by atoms with Gasteiger partial charge in [-0.2, -0.15) is 0 Å². The van der Waals surface area contributed by atoms with Crippen LogP contribution in [0, 0.1) is 0 Å². The van der Waals surface area contributed by atoms with Crippen molar-refractivity contribution in [2.45, 2.75) is 32.7 Å². The lowest BCUT2D eigenvalue weighted by Crippen LogP contribution is -2.26. The molecule has 0 bridgehead atoms. The average Bonchev–Trinajstić information content (AvgIpc) is 2.93. The van der Waals surface area contributed by atoms with Crippen LogP contribution in [0.4, 0.5) is 0 Å². The molecule has 1 saturated heterocycles. The Morgan fingerprint density at radius 1 is 1.26 bits per heavy atom. The number of aromatic carboxylic acids is 1. The number of nitrogens with zero attached hydrogens (tertiary/aromatic N) is 1. The van der Waals surface area contributed by atoms with Gasteiger partial charge in [-0.25, -0.2) is 4.79 Å². The van der Waals surface area contributed by atoms with Crippen LogP contribution in [0.2, 0.25) is 0 Å². The van der Waals surface area contributed by atoms with Gasteiger partial charge in [0.1, 0.15) is 11.3 Å². The minimum atomic E-state index is -0.970. The normalized spacial score (nSPS) is 14.9. The Morgan fingerprint density at radius 3 is 2.21 bits per heavy atom. The third-order valence-corrected chi connectivity index (χ3v) is 3.21. The predicted molar refractivity (Wildman–Crippen MR) is 75.9 cm³/mol. The van der Waals surface area contributed by atoms with Crippen molar-refractivity contribution in [1.82, 2.24) is 4.90 Å². The fourth-order valence-electron chi connectivity index (χ4n) is 2.08. The summed E-state index contributed by atoms with van der Waals surface area (Å²) >= 11 is 0. The van der Waals surface area contributed by atoms with Crippen LogP contribution in [0.1, 0.15) is 37.0 Å². The van der Waals surface area contributed by atoms with Gasteiger partial charge in [-0.3, -0.25) is 0 Å². The zero-order valence-electron chi connectivity index (χ0n) is 11.9. The highest BCUT2D eigenvalue weighted by atomic mass is 16.5. The SMILES string of the molecule is CC(C)N1CCCC1.COc1ccccc1C(=O)O. The number of carboxylic acid groups (broad SMARTS) is 1. The second kappa shape index (κ2) is 7.79. The molecular formula is C15H23NO3. The maximum absolute atomic E-state index is 10.5. The summed E-state index contributed by atoms with van der Waals surface area (Å²) in [5.41, 5.74) is 0.190. The molecule has 4 heteroatoms. The minimum Gasteiger partial charge on any atom is -0.496 e. The molecular weight excluding hydrogens is 242 g/mol. The highest BCUT2D eigenvalue weighted by molar-refractivity contribution is 5.90. The largest absolute Gasteiger partial charge is 0.496 e. The Kier molecular flexibility index (Phi) is 6.36. The maximum Gasteiger partial charge on any atom is 0.339 e. The molecule has 1 N–H and O–H groups in total. The lowest BCUT2D eigenvalue weighted by Gasteiger charge is -2.18. The molecule has 0 amide bonds. The molecule has 0 radical (unpaired) electrons. The Hall–Kier alpha value is -1.55. The van der Waals surface area contributed by atoms with E-state index >= 15 is 0 Å². The van der Waals surface area contributed by atoms with Gasteiger partial charge in [0, 0.05) is 6.04 Å². The number of likely N-dealkylation sites (tertiary alicyclic amines) is 1. The van der Waals surface area contributed by atoms with Crippen molar-refractivity contribution in [1.29, 1.82) is 0 Å². The smallest absolute Gasteiger partial charge is 0.339 e. The van der Waals surface area contributed by atoms with E-state index in [0.717, 1.165) is 6.04 Å². The number of methoxy groups -OCH3 is 1. The van der Waals surface area contributed by atoms with E-state index in [1.807, 2.05) is 0 Å². The number of benzene rings is 1. The molecule has 1 aromatic rings. The van der Waals surface area contributed by atoms with Crippen LogP contribution in [0.15, 0.2) is 24.3 Å². The van der Waals surface area contributed by atoms with E-state index < -0.39 is 5.97 Å². The molecule has 4 nitrogen and oxygen atoms in total. The van der Waals surface area contributed by atoms with Crippen molar-refractivity contribution in [3.63, 3.8) is 0 Å². The van der Waals surface area contributed by atoms with E-state index in [1.165, 1.54) is 39.1 Å². The molecule has 1 aromatic carbocycles. The van der Waals surface area contributed by atoms with Crippen LogP contribution in [-0.4, -0.2) is 42.2 Å². The first-order chi connectivity index (χ1) is 9.06. The molecule has 2 rings (SSSR count). The fraction of sp³-hybridized carbons (Fsp3) is 0.533. The van der Waals surface area contributed by atoms with E-state index in [1.54, 1.807) is 18.2 Å². The number of carbonyl (C=O) groups is 1. The number of hydrogen-bond donors (Lipinski definition) is 1. The predicted octanol–water partition coefficient (Wildman–Crippen LogP) is 2.88. The number of carboxylic acids is 1. The lowest BCUT2D eigenvalue weighted by molar-refractivity contribution is 0.0693. The summed E-state index contributed by atoms with van der Waals surface area (Å²) < 4.78 is 4.83. The number of ether oxygens (including phenoxy) is 1. The highest BCUT2D eigenvalue weighted by Gasteiger charge is 2.13. The van der Waals surface area contributed by atoms with Gasteiger partial charge in [-0.05, 0) is 51.9 Å². The summed E-state index contributed by atoms with van der Waals surface area (Å²) in [6.45, 7) is 7.20. The summed E-state index contributed by atoms with van der Waals surface area (Å²) in [4.78, 5) is 13.0. The van der Waals surface area contributed by atoms with Gasteiger partial charge in [-0.15, -0.1) is 0 Å². The molecule has 19 heavy (non-hydrogen) atoms. The van der Waals surface area contributed by atoms with Gasteiger partial charge in [0.2, 0.25) is 0 Å². The molecule has 1 fully saturated rings. The van der Waals surface area contributed by atoms with Crippen molar-refractivity contribution >= 4 is 5.97 Å². The Bertz CT molecular complexity index is 398. The van der Waals surface area contributed by atoms with Crippen LogP contribution in [-0.2, 0) is 0 Å². The lowest BCUT2D eigenvalue weighted by atomic mass is 10.2. The Balaban J connectivity index is 0.000000200. The second-order valence-electron chi connectivity index (χ2n) is 4.84. The van der Waals surface area contributed by atoms with E-state index in [9.17, 15) is 4.79 Å². The van der Waals surface area contributed by atoms with Crippen LogP contribution in [0.5, 0.6) is 5.75 Å². The summed E-state index contributed by atoms with van der Waals surface area (Å²) in [7, 11) is 1.45. The van der Waals surface area contributed by atoms with Gasteiger partial charge in [-0.1, -0.05) is 12.1 Å². The summed E-state index contributed by atoms with van der Waals surface area (Å²) in [6, 6.07) is 7.28. The Labute approximate surface area is 115 Å². The monoisotopic (exact) mass is 265 g/mol.